The molecule has 0 aliphatic carbocycles. The van der Waals surface area contributed by atoms with Crippen molar-refractivity contribution in [2.45, 2.75) is 20.3 Å². The Morgan fingerprint density at radius 2 is 1.92 bits per heavy atom. The van der Waals surface area contributed by atoms with E-state index in [0.29, 0.717) is 0 Å². The van der Waals surface area contributed by atoms with Gasteiger partial charge in [0.25, 0.3) is 0 Å². The number of aldehydes is 1. The zero-order valence-electron chi connectivity index (χ0n) is 8.08. The SMILES string of the molecule is CCC(C=O)=Cc1ccc(C)cc1. The maximum atomic E-state index is 10.5. The topological polar surface area (TPSA) is 17.1 Å². The van der Waals surface area contributed by atoms with E-state index >= 15 is 0 Å². The van der Waals surface area contributed by atoms with Crippen molar-refractivity contribution in [1.82, 2.24) is 0 Å². The third kappa shape index (κ3) is 2.86. The Bertz CT molecular complexity index is 306. The quantitative estimate of drug-likeness (QED) is 0.508. The first kappa shape index (κ1) is 9.72. The summed E-state index contributed by atoms with van der Waals surface area (Å²) in [5.74, 6) is 0. The van der Waals surface area contributed by atoms with Crippen molar-refractivity contribution < 1.29 is 4.79 Å². The van der Waals surface area contributed by atoms with Crippen molar-refractivity contribution in [1.29, 1.82) is 0 Å². The Kier molecular flexibility index (Phi) is 3.44. The molecule has 0 amide bonds. The van der Waals surface area contributed by atoms with Crippen LogP contribution >= 0.6 is 0 Å². The summed E-state index contributed by atoms with van der Waals surface area (Å²) < 4.78 is 0. The highest BCUT2D eigenvalue weighted by molar-refractivity contribution is 5.81. The second-order valence-corrected chi connectivity index (χ2v) is 3.10. The normalized spacial score (nSPS) is 11.4. The molecule has 0 unspecified atom stereocenters. The maximum Gasteiger partial charge on any atom is 0.146 e. The smallest absolute Gasteiger partial charge is 0.146 e. The predicted octanol–water partition coefficient (Wildman–Crippen LogP) is 2.99. The number of hydrogen-bond acceptors (Lipinski definition) is 1. The van der Waals surface area contributed by atoms with E-state index in [0.717, 1.165) is 23.8 Å². The number of carbonyl (C=O) groups is 1. The summed E-state index contributed by atoms with van der Waals surface area (Å²) in [6, 6.07) is 8.14. The lowest BCUT2D eigenvalue weighted by molar-refractivity contribution is -0.104. The van der Waals surface area contributed by atoms with Gasteiger partial charge in [-0.05, 0) is 30.6 Å². The lowest BCUT2D eigenvalue weighted by Crippen LogP contribution is -1.82. The van der Waals surface area contributed by atoms with E-state index < -0.39 is 0 Å². The van der Waals surface area contributed by atoms with Crippen LogP contribution in [0.4, 0.5) is 0 Å². The molecule has 1 aromatic carbocycles. The van der Waals surface area contributed by atoms with Gasteiger partial charge >= 0.3 is 0 Å². The monoisotopic (exact) mass is 174 g/mol. The first-order valence-electron chi connectivity index (χ1n) is 4.48. The molecule has 0 saturated heterocycles. The molecule has 0 aliphatic heterocycles. The number of carbonyl (C=O) groups excluding carboxylic acids is 1. The van der Waals surface area contributed by atoms with Crippen molar-refractivity contribution >= 4 is 12.4 Å². The number of rotatable bonds is 3. The highest BCUT2D eigenvalue weighted by Crippen LogP contribution is 2.09. The molecule has 1 rings (SSSR count). The Balaban J connectivity index is 2.90. The molecular weight excluding hydrogens is 160 g/mol. The highest BCUT2D eigenvalue weighted by atomic mass is 16.1. The molecule has 0 fully saturated rings. The molecule has 0 aromatic heterocycles. The Morgan fingerprint density at radius 3 is 2.38 bits per heavy atom. The number of aryl methyl sites for hydroxylation is 1. The van der Waals surface area contributed by atoms with Gasteiger partial charge in [0.2, 0.25) is 0 Å². The van der Waals surface area contributed by atoms with Crippen LogP contribution in [0.25, 0.3) is 6.08 Å². The van der Waals surface area contributed by atoms with Crippen LogP contribution in [0.3, 0.4) is 0 Å². The van der Waals surface area contributed by atoms with Crippen LogP contribution in [0, 0.1) is 6.92 Å². The molecule has 0 saturated carbocycles. The molecule has 0 bridgehead atoms. The number of allylic oxidation sites excluding steroid dienone is 1. The van der Waals surface area contributed by atoms with Crippen LogP contribution in [0.1, 0.15) is 24.5 Å². The zero-order valence-corrected chi connectivity index (χ0v) is 8.08. The molecule has 0 N–H and O–H groups in total. The van der Waals surface area contributed by atoms with Crippen LogP contribution in [0.15, 0.2) is 29.8 Å². The van der Waals surface area contributed by atoms with Crippen molar-refractivity contribution in [3.05, 3.63) is 41.0 Å². The maximum absolute atomic E-state index is 10.5. The lowest BCUT2D eigenvalue weighted by Gasteiger charge is -1.96. The van der Waals surface area contributed by atoms with Gasteiger partial charge < -0.3 is 0 Å². The molecule has 68 valence electrons. The summed E-state index contributed by atoms with van der Waals surface area (Å²) in [6.45, 7) is 4.03. The Morgan fingerprint density at radius 1 is 1.31 bits per heavy atom. The van der Waals surface area contributed by atoms with Crippen LogP contribution in [0.5, 0.6) is 0 Å². The lowest BCUT2D eigenvalue weighted by atomic mass is 10.1. The van der Waals surface area contributed by atoms with Gasteiger partial charge in [-0.2, -0.15) is 0 Å². The van der Waals surface area contributed by atoms with Gasteiger partial charge in [-0.3, -0.25) is 4.79 Å². The zero-order chi connectivity index (χ0) is 9.68. The molecule has 1 nitrogen and oxygen atoms in total. The first-order valence-corrected chi connectivity index (χ1v) is 4.48. The number of benzene rings is 1. The van der Waals surface area contributed by atoms with E-state index in [1.165, 1.54) is 5.56 Å². The number of hydrogen-bond donors (Lipinski definition) is 0. The second-order valence-electron chi connectivity index (χ2n) is 3.10. The van der Waals surface area contributed by atoms with Crippen molar-refractivity contribution in [3.63, 3.8) is 0 Å². The van der Waals surface area contributed by atoms with Crippen molar-refractivity contribution in [3.8, 4) is 0 Å². The summed E-state index contributed by atoms with van der Waals surface area (Å²) in [5.41, 5.74) is 3.17. The van der Waals surface area contributed by atoms with Crippen molar-refractivity contribution in [2.75, 3.05) is 0 Å². The minimum Gasteiger partial charge on any atom is -0.298 e. The van der Waals surface area contributed by atoms with Gasteiger partial charge in [0.05, 0.1) is 0 Å². The van der Waals surface area contributed by atoms with E-state index in [1.807, 2.05) is 44.2 Å². The van der Waals surface area contributed by atoms with Crippen LogP contribution in [0.2, 0.25) is 0 Å². The average molecular weight is 174 g/mol. The van der Waals surface area contributed by atoms with Gasteiger partial charge in [0.15, 0.2) is 0 Å². The Hall–Kier alpha value is -1.37. The molecule has 1 aromatic rings. The van der Waals surface area contributed by atoms with Gasteiger partial charge in [-0.15, -0.1) is 0 Å². The second kappa shape index (κ2) is 4.61. The largest absolute Gasteiger partial charge is 0.298 e. The summed E-state index contributed by atoms with van der Waals surface area (Å²) in [7, 11) is 0. The van der Waals surface area contributed by atoms with Crippen LogP contribution < -0.4 is 0 Å². The van der Waals surface area contributed by atoms with Crippen LogP contribution in [-0.2, 0) is 4.79 Å². The Labute approximate surface area is 79.1 Å². The third-order valence-electron chi connectivity index (χ3n) is 1.99. The van der Waals surface area contributed by atoms with E-state index in [4.69, 9.17) is 0 Å². The summed E-state index contributed by atoms with van der Waals surface area (Å²) in [5, 5.41) is 0. The van der Waals surface area contributed by atoms with Crippen LogP contribution in [-0.4, -0.2) is 6.29 Å². The minimum atomic E-state index is 0.789. The summed E-state index contributed by atoms with van der Waals surface area (Å²) in [6.07, 6.45) is 3.63. The standard InChI is InChI=1S/C12H14O/c1-3-11(9-13)8-12-6-4-10(2)5-7-12/h4-9H,3H2,1-2H3. The first-order chi connectivity index (χ1) is 6.26. The molecule has 13 heavy (non-hydrogen) atoms. The van der Waals surface area contributed by atoms with Gasteiger partial charge in [0.1, 0.15) is 6.29 Å². The molecule has 1 heteroatoms. The predicted molar refractivity (Wildman–Crippen MR) is 55.5 cm³/mol. The fourth-order valence-electron chi connectivity index (χ4n) is 1.10. The third-order valence-corrected chi connectivity index (χ3v) is 1.99. The highest BCUT2D eigenvalue weighted by Gasteiger charge is 1.92. The molecular formula is C12H14O. The average Bonchev–Trinajstić information content (AvgIpc) is 2.17. The van der Waals surface area contributed by atoms with E-state index in [-0.39, 0.29) is 0 Å². The van der Waals surface area contributed by atoms with Crippen molar-refractivity contribution in [2.24, 2.45) is 0 Å². The molecule has 0 spiro atoms. The molecule has 0 heterocycles. The summed E-state index contributed by atoms with van der Waals surface area (Å²) in [4.78, 5) is 10.5. The van der Waals surface area contributed by atoms with E-state index in [2.05, 4.69) is 0 Å². The fourth-order valence-corrected chi connectivity index (χ4v) is 1.10. The molecule has 0 atom stereocenters. The van der Waals surface area contributed by atoms with Gasteiger partial charge in [0, 0.05) is 0 Å². The summed E-state index contributed by atoms with van der Waals surface area (Å²) >= 11 is 0. The van der Waals surface area contributed by atoms with Gasteiger partial charge in [-0.25, -0.2) is 0 Å². The minimum absolute atomic E-state index is 0.789. The van der Waals surface area contributed by atoms with Gasteiger partial charge in [-0.1, -0.05) is 36.8 Å². The van der Waals surface area contributed by atoms with E-state index in [1.54, 1.807) is 0 Å². The van der Waals surface area contributed by atoms with E-state index in [9.17, 15) is 4.79 Å². The molecule has 0 aliphatic rings. The fraction of sp³-hybridized carbons (Fsp3) is 0.250. The molecule has 0 radical (unpaired) electrons.